The van der Waals surface area contributed by atoms with Crippen molar-refractivity contribution in [3.63, 3.8) is 0 Å². The van der Waals surface area contributed by atoms with Crippen LogP contribution in [0.1, 0.15) is 77.8 Å². The molecule has 0 aliphatic heterocycles. The van der Waals surface area contributed by atoms with Crippen LogP contribution in [-0.2, 0) is 6.42 Å². The summed E-state index contributed by atoms with van der Waals surface area (Å²) in [6, 6.07) is 16.6. The van der Waals surface area contributed by atoms with Crippen molar-refractivity contribution in [1.29, 1.82) is 0 Å². The molecule has 1 atom stereocenters. The fourth-order valence-corrected chi connectivity index (χ4v) is 3.22. The highest BCUT2D eigenvalue weighted by atomic mass is 14.7. The maximum absolute atomic E-state index is 5.26. The maximum atomic E-state index is 5.26. The summed E-state index contributed by atoms with van der Waals surface area (Å²) in [7, 11) is 0. The molecule has 3 aromatic rings. The van der Waals surface area contributed by atoms with Crippen LogP contribution in [0, 0.1) is 29.1 Å². The predicted octanol–water partition coefficient (Wildman–Crippen LogP) is 10.1. The molecule has 1 aromatic heterocycles. The fourth-order valence-electron chi connectivity index (χ4n) is 3.22. The highest BCUT2D eigenvalue weighted by molar-refractivity contribution is 5.92. The van der Waals surface area contributed by atoms with Crippen LogP contribution in [-0.4, -0.2) is 4.98 Å². The molecule has 0 aliphatic rings. The molecule has 186 valence electrons. The third-order valence-corrected chi connectivity index (χ3v) is 5.60. The maximum Gasteiger partial charge on any atom is 0.0464 e. The van der Waals surface area contributed by atoms with Crippen LogP contribution in [0.2, 0.25) is 0 Å². The van der Waals surface area contributed by atoms with Gasteiger partial charge in [-0.3, -0.25) is 0 Å². The molecular weight excluding hydrogens is 422 g/mol. The Labute approximate surface area is 215 Å². The third-order valence-electron chi connectivity index (χ3n) is 5.60. The number of hydrogen-bond acceptors (Lipinski definition) is 0. The molecule has 1 N–H and O–H groups in total. The Morgan fingerprint density at radius 1 is 0.914 bits per heavy atom. The minimum Gasteiger partial charge on any atom is -0.355 e. The fraction of sp³-hybridized carbons (Fsp3) is 0.353. The van der Waals surface area contributed by atoms with Gasteiger partial charge in [0.25, 0.3) is 0 Å². The number of aromatic amines is 1. The molecular formula is C34H45N. The summed E-state index contributed by atoms with van der Waals surface area (Å²) in [5.41, 5.74) is 6.75. The summed E-state index contributed by atoms with van der Waals surface area (Å²) < 4.78 is 0. The molecule has 0 saturated heterocycles. The first kappa shape index (κ1) is 29.8. The molecule has 0 radical (unpaired) electrons. The molecule has 1 heterocycles. The van der Waals surface area contributed by atoms with Crippen LogP contribution in [0.3, 0.4) is 0 Å². The minimum absolute atomic E-state index is 0.336. The zero-order chi connectivity index (χ0) is 26.6. The molecule has 0 bridgehead atoms. The number of terminal acetylenes is 1. The van der Waals surface area contributed by atoms with Gasteiger partial charge >= 0.3 is 0 Å². The van der Waals surface area contributed by atoms with Gasteiger partial charge in [-0.1, -0.05) is 123 Å². The van der Waals surface area contributed by atoms with E-state index in [0.717, 1.165) is 23.2 Å². The quantitative estimate of drug-likeness (QED) is 0.359. The van der Waals surface area contributed by atoms with E-state index in [2.05, 4.69) is 116 Å². The van der Waals surface area contributed by atoms with E-state index >= 15 is 0 Å². The Hall–Kier alpha value is -3.24. The molecule has 1 heteroatoms. The van der Waals surface area contributed by atoms with Crippen molar-refractivity contribution in [2.24, 2.45) is 16.7 Å². The number of H-pyrrole nitrogens is 1. The zero-order valence-corrected chi connectivity index (χ0v) is 23.2. The molecule has 35 heavy (non-hydrogen) atoms. The van der Waals surface area contributed by atoms with Crippen molar-refractivity contribution in [3.05, 3.63) is 90.1 Å². The number of hydrogen-bond donors (Lipinski definition) is 1. The predicted molar refractivity (Wildman–Crippen MR) is 160 cm³/mol. The van der Waals surface area contributed by atoms with Crippen LogP contribution >= 0.6 is 0 Å². The molecule has 0 saturated carbocycles. The van der Waals surface area contributed by atoms with Gasteiger partial charge in [0, 0.05) is 22.2 Å². The van der Waals surface area contributed by atoms with Gasteiger partial charge in [-0.05, 0) is 58.6 Å². The second-order valence-electron chi connectivity index (χ2n) is 11.6. The minimum atomic E-state index is 0.336. The molecule has 2 aromatic carbocycles. The van der Waals surface area contributed by atoms with Crippen LogP contribution in [0.5, 0.6) is 0 Å². The molecule has 1 nitrogen and oxygen atoms in total. The molecule has 0 amide bonds. The van der Waals surface area contributed by atoms with Crippen LogP contribution in [0.15, 0.2) is 67.8 Å². The van der Waals surface area contributed by atoms with Gasteiger partial charge in [0.2, 0.25) is 0 Å². The molecule has 0 spiro atoms. The van der Waals surface area contributed by atoms with Crippen LogP contribution in [0.25, 0.3) is 29.1 Å². The Balaban J connectivity index is 0.000000300. The topological polar surface area (TPSA) is 15.8 Å². The van der Waals surface area contributed by atoms with E-state index in [4.69, 9.17) is 6.42 Å². The molecule has 3 rings (SSSR count). The monoisotopic (exact) mass is 467 g/mol. The molecule has 1 unspecified atom stereocenters. The first-order valence-electron chi connectivity index (χ1n) is 12.4. The molecule has 0 fully saturated rings. The van der Waals surface area contributed by atoms with Crippen molar-refractivity contribution in [2.75, 3.05) is 0 Å². The van der Waals surface area contributed by atoms with Gasteiger partial charge in [-0.2, -0.15) is 0 Å². The number of rotatable bonds is 5. The first-order chi connectivity index (χ1) is 16.3. The van der Waals surface area contributed by atoms with Crippen molar-refractivity contribution in [1.82, 2.24) is 4.98 Å². The summed E-state index contributed by atoms with van der Waals surface area (Å²) in [5, 5.41) is 1.20. The Bertz CT molecular complexity index is 1140. The average Bonchev–Trinajstić information content (AvgIpc) is 3.15. The smallest absolute Gasteiger partial charge is 0.0464 e. The highest BCUT2D eigenvalue weighted by Crippen LogP contribution is 2.29. The van der Waals surface area contributed by atoms with Crippen molar-refractivity contribution >= 4 is 29.1 Å². The lowest BCUT2D eigenvalue weighted by Crippen LogP contribution is -2.19. The number of nitrogens with one attached hydrogen (secondary N) is 1. The standard InChI is InChI=1S/C17H22.C12H11N.C5H12/c1-6-7-10-15-11-8-9-12-16(15)13-14(2)17(3,4)5;1-3-9-10-7-5-6-8-12(10)13-11(9)4-2;1-5(2,3)4/h1,7-12,14H,13H2,2-5H3;3-8,13H,1-2H2;1-4H3/b10-7-;;. The van der Waals surface area contributed by atoms with E-state index in [1.54, 1.807) is 6.08 Å². The second kappa shape index (κ2) is 13.6. The number of benzene rings is 2. The number of allylic oxidation sites excluding steroid dienone is 1. The summed E-state index contributed by atoms with van der Waals surface area (Å²) in [6.45, 7) is 25.5. The van der Waals surface area contributed by atoms with Gasteiger partial charge in [0.1, 0.15) is 0 Å². The SMILES string of the molecule is C#C/C=C\c1ccccc1CC(C)C(C)(C)C.C=Cc1[nH]c2ccccc2c1C=C.CC(C)(C)C. The Kier molecular flexibility index (Phi) is 11.6. The van der Waals surface area contributed by atoms with E-state index in [-0.39, 0.29) is 0 Å². The number of aromatic nitrogens is 1. The van der Waals surface area contributed by atoms with Crippen molar-refractivity contribution < 1.29 is 0 Å². The summed E-state index contributed by atoms with van der Waals surface area (Å²) in [5.74, 6) is 3.19. The second-order valence-corrected chi connectivity index (χ2v) is 11.6. The normalized spacial score (nSPS) is 12.1. The third kappa shape index (κ3) is 10.7. The van der Waals surface area contributed by atoms with E-state index < -0.39 is 0 Å². The van der Waals surface area contributed by atoms with Crippen LogP contribution < -0.4 is 0 Å². The lowest BCUT2D eigenvalue weighted by atomic mass is 9.78. The average molecular weight is 468 g/mol. The van der Waals surface area contributed by atoms with Crippen LogP contribution in [0.4, 0.5) is 0 Å². The molecule has 0 aliphatic carbocycles. The summed E-state index contributed by atoms with van der Waals surface area (Å²) in [6.07, 6.45) is 13.8. The highest BCUT2D eigenvalue weighted by Gasteiger charge is 2.20. The van der Waals surface area contributed by atoms with E-state index in [0.29, 0.717) is 16.7 Å². The van der Waals surface area contributed by atoms with Gasteiger partial charge < -0.3 is 4.98 Å². The Morgan fingerprint density at radius 3 is 2.03 bits per heavy atom. The van der Waals surface area contributed by atoms with E-state index in [1.165, 1.54) is 16.5 Å². The van der Waals surface area contributed by atoms with Crippen molar-refractivity contribution in [2.45, 2.75) is 61.8 Å². The lowest BCUT2D eigenvalue weighted by Gasteiger charge is -2.27. The summed E-state index contributed by atoms with van der Waals surface area (Å²) in [4.78, 5) is 3.28. The largest absolute Gasteiger partial charge is 0.355 e. The van der Waals surface area contributed by atoms with Gasteiger partial charge in [0.05, 0.1) is 0 Å². The zero-order valence-electron chi connectivity index (χ0n) is 23.2. The van der Waals surface area contributed by atoms with E-state index in [9.17, 15) is 0 Å². The van der Waals surface area contributed by atoms with Crippen molar-refractivity contribution in [3.8, 4) is 12.3 Å². The van der Waals surface area contributed by atoms with Gasteiger partial charge in [-0.25, -0.2) is 0 Å². The first-order valence-corrected chi connectivity index (χ1v) is 12.4. The van der Waals surface area contributed by atoms with Gasteiger partial charge in [-0.15, -0.1) is 6.42 Å². The van der Waals surface area contributed by atoms with Gasteiger partial charge in [0.15, 0.2) is 0 Å². The number of para-hydroxylation sites is 1. The summed E-state index contributed by atoms with van der Waals surface area (Å²) >= 11 is 0. The Morgan fingerprint density at radius 2 is 1.49 bits per heavy atom. The number of fused-ring (bicyclic) bond motifs is 1. The van der Waals surface area contributed by atoms with E-state index in [1.807, 2.05) is 30.4 Å². The lowest BCUT2D eigenvalue weighted by molar-refractivity contribution is 0.260.